The molecule has 20 heavy (non-hydrogen) atoms. The maximum Gasteiger partial charge on any atom is 0.322 e. The maximum absolute atomic E-state index is 12.0. The summed E-state index contributed by atoms with van der Waals surface area (Å²) in [5, 5.41) is 2.73. The van der Waals surface area contributed by atoms with Gasteiger partial charge in [-0.2, -0.15) is 0 Å². The number of ether oxygens (including phenoxy) is 1. The van der Waals surface area contributed by atoms with E-state index in [1.165, 1.54) is 18.2 Å². The van der Waals surface area contributed by atoms with Crippen LogP contribution in [0.4, 0.5) is 10.5 Å². The third-order valence-corrected chi connectivity index (χ3v) is 4.43. The number of halogens is 2. The van der Waals surface area contributed by atoms with Crippen molar-refractivity contribution >= 4 is 43.1 Å². The van der Waals surface area contributed by atoms with E-state index in [4.69, 9.17) is 27.0 Å². The summed E-state index contributed by atoms with van der Waals surface area (Å²) in [7, 11) is 1.37. The molecule has 0 spiro atoms. The Kier molecular flexibility index (Phi) is 4.74. The van der Waals surface area contributed by atoms with E-state index in [-0.39, 0.29) is 15.9 Å². The number of hydrogen-bond donors (Lipinski definition) is 1. The van der Waals surface area contributed by atoms with Crippen LogP contribution >= 0.6 is 22.3 Å². The van der Waals surface area contributed by atoms with Gasteiger partial charge in [0.1, 0.15) is 0 Å². The van der Waals surface area contributed by atoms with Crippen molar-refractivity contribution in [1.82, 2.24) is 4.90 Å². The molecule has 0 unspecified atom stereocenters. The summed E-state index contributed by atoms with van der Waals surface area (Å²) >= 11 is 5.94. The molecule has 1 aliphatic heterocycles. The van der Waals surface area contributed by atoms with E-state index >= 15 is 0 Å². The van der Waals surface area contributed by atoms with Crippen molar-refractivity contribution in [1.29, 1.82) is 0 Å². The van der Waals surface area contributed by atoms with Gasteiger partial charge in [-0.3, -0.25) is 0 Å². The van der Waals surface area contributed by atoms with E-state index in [1.54, 1.807) is 4.90 Å². The minimum absolute atomic E-state index is 0.105. The van der Waals surface area contributed by atoms with Gasteiger partial charge in [-0.05, 0) is 18.2 Å². The Labute approximate surface area is 126 Å². The predicted octanol–water partition coefficient (Wildman–Crippen LogP) is 2.13. The highest BCUT2D eigenvalue weighted by Gasteiger charge is 2.18. The largest absolute Gasteiger partial charge is 0.378 e. The van der Waals surface area contributed by atoms with Crippen LogP contribution < -0.4 is 5.32 Å². The second kappa shape index (κ2) is 6.17. The number of amides is 2. The molecule has 0 aromatic heterocycles. The topological polar surface area (TPSA) is 75.7 Å². The van der Waals surface area contributed by atoms with Gasteiger partial charge < -0.3 is 15.0 Å². The molecule has 9 heteroatoms. The highest BCUT2D eigenvalue weighted by atomic mass is 35.7. The van der Waals surface area contributed by atoms with E-state index in [2.05, 4.69) is 5.32 Å². The molecule has 1 heterocycles. The number of nitrogens with one attached hydrogen (secondary N) is 1. The van der Waals surface area contributed by atoms with Crippen molar-refractivity contribution in [3.8, 4) is 0 Å². The molecule has 2 amide bonds. The number of anilines is 1. The lowest BCUT2D eigenvalue weighted by atomic mass is 10.3. The molecule has 1 aliphatic rings. The number of benzene rings is 1. The molecule has 0 aliphatic carbocycles. The van der Waals surface area contributed by atoms with E-state index in [1.807, 2.05) is 0 Å². The normalized spacial score (nSPS) is 16.0. The number of rotatable bonds is 2. The first-order valence-corrected chi connectivity index (χ1v) is 8.44. The monoisotopic (exact) mass is 338 g/mol. The van der Waals surface area contributed by atoms with Crippen LogP contribution in [-0.2, 0) is 13.8 Å². The van der Waals surface area contributed by atoms with Gasteiger partial charge in [0.2, 0.25) is 0 Å². The smallest absolute Gasteiger partial charge is 0.322 e. The second-order valence-corrected chi connectivity index (χ2v) is 7.08. The van der Waals surface area contributed by atoms with Crippen LogP contribution in [0.25, 0.3) is 0 Å². The molecular formula is C11H12Cl2N2O4S. The molecule has 1 N–H and O–H groups in total. The third-order valence-electron chi connectivity index (χ3n) is 2.76. The number of carbonyl (C=O) groups excluding carboxylic acids is 1. The fourth-order valence-corrected chi connectivity index (χ4v) is 2.78. The minimum atomic E-state index is -3.84. The second-order valence-electron chi connectivity index (χ2n) is 4.11. The summed E-state index contributed by atoms with van der Waals surface area (Å²) in [6.07, 6.45) is 0. The first kappa shape index (κ1) is 15.4. The van der Waals surface area contributed by atoms with E-state index in [0.717, 1.165) is 0 Å². The van der Waals surface area contributed by atoms with Gasteiger partial charge in [0.05, 0.1) is 28.8 Å². The van der Waals surface area contributed by atoms with Gasteiger partial charge in [-0.15, -0.1) is 0 Å². The zero-order valence-corrected chi connectivity index (χ0v) is 12.6. The molecular weight excluding hydrogens is 327 g/mol. The van der Waals surface area contributed by atoms with Crippen LogP contribution in [0.15, 0.2) is 23.1 Å². The molecule has 1 fully saturated rings. The van der Waals surface area contributed by atoms with Gasteiger partial charge >= 0.3 is 6.03 Å². The zero-order chi connectivity index (χ0) is 14.8. The van der Waals surface area contributed by atoms with Crippen LogP contribution in [0.3, 0.4) is 0 Å². The standard InChI is InChI=1S/C11H12Cl2N2O4S/c12-9-7-8(20(13,17)18)1-2-10(9)14-11(16)15-3-5-19-6-4-15/h1-2,7H,3-6H2,(H,14,16). The fraction of sp³-hybridized carbons (Fsp3) is 0.364. The molecule has 6 nitrogen and oxygen atoms in total. The molecule has 0 atom stereocenters. The number of nitrogens with zero attached hydrogens (tertiary/aromatic N) is 1. The van der Waals surface area contributed by atoms with Crippen molar-refractivity contribution in [3.63, 3.8) is 0 Å². The van der Waals surface area contributed by atoms with E-state index < -0.39 is 9.05 Å². The minimum Gasteiger partial charge on any atom is -0.378 e. The summed E-state index contributed by atoms with van der Waals surface area (Å²) in [5.41, 5.74) is 0.326. The van der Waals surface area contributed by atoms with Gasteiger partial charge in [0.15, 0.2) is 0 Å². The first-order valence-electron chi connectivity index (χ1n) is 5.76. The molecule has 0 bridgehead atoms. The zero-order valence-electron chi connectivity index (χ0n) is 10.3. The van der Waals surface area contributed by atoms with Crippen molar-refractivity contribution in [3.05, 3.63) is 23.2 Å². The molecule has 0 saturated carbocycles. The first-order chi connectivity index (χ1) is 9.38. The Morgan fingerprint density at radius 1 is 1.30 bits per heavy atom. The highest BCUT2D eigenvalue weighted by molar-refractivity contribution is 8.13. The summed E-state index contributed by atoms with van der Waals surface area (Å²) in [5.74, 6) is 0. The Bertz CT molecular complexity index is 615. The predicted molar refractivity (Wildman–Crippen MR) is 75.9 cm³/mol. The Morgan fingerprint density at radius 3 is 2.50 bits per heavy atom. The average Bonchev–Trinajstić information content (AvgIpc) is 2.41. The molecule has 0 radical (unpaired) electrons. The quantitative estimate of drug-likeness (QED) is 0.838. The van der Waals surface area contributed by atoms with Crippen LogP contribution in [0.2, 0.25) is 5.02 Å². The Balaban J connectivity index is 2.11. The molecule has 1 aromatic rings. The molecule has 1 aromatic carbocycles. The lowest BCUT2D eigenvalue weighted by Crippen LogP contribution is -2.43. The van der Waals surface area contributed by atoms with E-state index in [9.17, 15) is 13.2 Å². The molecule has 1 saturated heterocycles. The number of urea groups is 1. The third kappa shape index (κ3) is 3.76. The SMILES string of the molecule is O=C(Nc1ccc(S(=O)(=O)Cl)cc1Cl)N1CCOCC1. The lowest BCUT2D eigenvalue weighted by Gasteiger charge is -2.27. The van der Waals surface area contributed by atoms with Crippen molar-refractivity contribution in [2.45, 2.75) is 4.90 Å². The number of hydrogen-bond acceptors (Lipinski definition) is 4. The van der Waals surface area contributed by atoms with Gasteiger partial charge in [-0.1, -0.05) is 11.6 Å². The highest BCUT2D eigenvalue weighted by Crippen LogP contribution is 2.27. The maximum atomic E-state index is 12.0. The lowest BCUT2D eigenvalue weighted by molar-refractivity contribution is 0.0564. The average molecular weight is 339 g/mol. The van der Waals surface area contributed by atoms with Crippen LogP contribution in [0.1, 0.15) is 0 Å². The van der Waals surface area contributed by atoms with Crippen LogP contribution in [0, 0.1) is 0 Å². The van der Waals surface area contributed by atoms with Crippen LogP contribution in [-0.4, -0.2) is 45.7 Å². The summed E-state index contributed by atoms with van der Waals surface area (Å²) in [6.45, 7) is 1.98. The summed E-state index contributed by atoms with van der Waals surface area (Å²) in [4.78, 5) is 13.4. The van der Waals surface area contributed by atoms with Gasteiger partial charge in [-0.25, -0.2) is 13.2 Å². The van der Waals surface area contributed by atoms with Crippen molar-refractivity contribution < 1.29 is 17.9 Å². The summed E-state index contributed by atoms with van der Waals surface area (Å²) < 4.78 is 27.5. The molecule has 2 rings (SSSR count). The summed E-state index contributed by atoms with van der Waals surface area (Å²) in [6, 6.07) is 3.56. The van der Waals surface area contributed by atoms with Crippen molar-refractivity contribution in [2.75, 3.05) is 31.6 Å². The van der Waals surface area contributed by atoms with Gasteiger partial charge in [0, 0.05) is 23.8 Å². The van der Waals surface area contributed by atoms with E-state index in [0.29, 0.717) is 32.0 Å². The number of carbonyl (C=O) groups is 1. The number of morpholine rings is 1. The fourth-order valence-electron chi connectivity index (χ4n) is 1.71. The van der Waals surface area contributed by atoms with Crippen molar-refractivity contribution in [2.24, 2.45) is 0 Å². The Morgan fingerprint density at radius 2 is 1.95 bits per heavy atom. The Hall–Kier alpha value is -1.02. The van der Waals surface area contributed by atoms with Crippen LogP contribution in [0.5, 0.6) is 0 Å². The van der Waals surface area contributed by atoms with Gasteiger partial charge in [0.25, 0.3) is 9.05 Å². The molecule has 110 valence electrons.